The maximum Gasteiger partial charge on any atom is 0.0453 e. The molecule has 5 heteroatoms. The fourth-order valence-electron chi connectivity index (χ4n) is 2.10. The van der Waals surface area contributed by atoms with Crippen molar-refractivity contribution in [2.24, 2.45) is 0 Å². The summed E-state index contributed by atoms with van der Waals surface area (Å²) in [7, 11) is 1.93. The zero-order valence-electron chi connectivity index (χ0n) is 11.2. The van der Waals surface area contributed by atoms with Crippen molar-refractivity contribution < 1.29 is 0 Å². The van der Waals surface area contributed by atoms with Gasteiger partial charge in [-0.1, -0.05) is 29.3 Å². The lowest BCUT2D eigenvalue weighted by Gasteiger charge is -2.18. The van der Waals surface area contributed by atoms with Crippen molar-refractivity contribution in [1.82, 2.24) is 10.3 Å². The quantitative estimate of drug-likeness (QED) is 0.890. The first-order valence-corrected chi connectivity index (χ1v) is 7.15. The van der Waals surface area contributed by atoms with E-state index < -0.39 is 0 Å². The molecule has 0 amide bonds. The van der Waals surface area contributed by atoms with Gasteiger partial charge >= 0.3 is 0 Å². The minimum Gasteiger partial charge on any atom is -0.398 e. The molecule has 0 fully saturated rings. The van der Waals surface area contributed by atoms with Gasteiger partial charge < -0.3 is 11.1 Å². The average molecular weight is 310 g/mol. The number of hydrogen-bond donors (Lipinski definition) is 2. The number of hydrogen-bond acceptors (Lipinski definition) is 3. The Morgan fingerprint density at radius 1 is 1.20 bits per heavy atom. The highest BCUT2D eigenvalue weighted by atomic mass is 35.5. The molecule has 0 aliphatic rings. The highest BCUT2D eigenvalue weighted by molar-refractivity contribution is 6.35. The van der Waals surface area contributed by atoms with Gasteiger partial charge in [0.25, 0.3) is 0 Å². The van der Waals surface area contributed by atoms with Crippen molar-refractivity contribution in [2.45, 2.75) is 18.9 Å². The van der Waals surface area contributed by atoms with Crippen LogP contribution in [-0.2, 0) is 12.8 Å². The Bertz CT molecular complexity index is 587. The normalized spacial score (nSPS) is 12.3. The molecule has 3 nitrogen and oxygen atoms in total. The molecular weight excluding hydrogens is 293 g/mol. The van der Waals surface area contributed by atoms with Gasteiger partial charge in [-0.05, 0) is 49.2 Å². The molecule has 0 aliphatic carbocycles. The summed E-state index contributed by atoms with van der Waals surface area (Å²) in [5.41, 5.74) is 8.83. The van der Waals surface area contributed by atoms with Gasteiger partial charge in [0.1, 0.15) is 0 Å². The third-order valence-corrected chi connectivity index (χ3v) is 3.88. The molecule has 0 spiro atoms. The van der Waals surface area contributed by atoms with E-state index in [9.17, 15) is 0 Å². The van der Waals surface area contributed by atoms with Gasteiger partial charge in [-0.25, -0.2) is 0 Å². The number of likely N-dealkylation sites (N-methyl/N-ethyl adjacent to an activating group) is 1. The second kappa shape index (κ2) is 6.93. The molecule has 0 bridgehead atoms. The molecule has 1 unspecified atom stereocenters. The van der Waals surface area contributed by atoms with E-state index >= 15 is 0 Å². The number of benzene rings is 1. The minimum atomic E-state index is 0.236. The molecule has 1 aromatic carbocycles. The maximum absolute atomic E-state index is 6.22. The number of nitrogens with zero attached hydrogens (tertiary/aromatic N) is 1. The fraction of sp³-hybridized carbons (Fsp3) is 0.267. The van der Waals surface area contributed by atoms with E-state index in [-0.39, 0.29) is 6.04 Å². The zero-order valence-corrected chi connectivity index (χ0v) is 12.7. The van der Waals surface area contributed by atoms with E-state index in [2.05, 4.69) is 10.3 Å². The van der Waals surface area contributed by atoms with Crippen molar-refractivity contribution in [3.05, 3.63) is 57.8 Å². The van der Waals surface area contributed by atoms with Crippen molar-refractivity contribution >= 4 is 28.9 Å². The maximum atomic E-state index is 6.22. The Labute approximate surface area is 129 Å². The summed E-state index contributed by atoms with van der Waals surface area (Å²) in [6.45, 7) is 0. The molecule has 2 aromatic rings. The van der Waals surface area contributed by atoms with Crippen LogP contribution in [0.25, 0.3) is 0 Å². The van der Waals surface area contributed by atoms with Gasteiger partial charge in [0.2, 0.25) is 0 Å². The molecule has 3 N–H and O–H groups in total. The van der Waals surface area contributed by atoms with Crippen LogP contribution >= 0.6 is 23.2 Å². The van der Waals surface area contributed by atoms with Crippen LogP contribution in [0.1, 0.15) is 11.1 Å². The Morgan fingerprint density at radius 3 is 2.60 bits per heavy atom. The average Bonchev–Trinajstić information content (AvgIpc) is 2.43. The molecule has 0 radical (unpaired) electrons. The molecule has 0 saturated heterocycles. The third-order valence-electron chi connectivity index (χ3n) is 3.30. The van der Waals surface area contributed by atoms with Crippen LogP contribution in [0.15, 0.2) is 36.7 Å². The van der Waals surface area contributed by atoms with Crippen molar-refractivity contribution in [3.63, 3.8) is 0 Å². The first-order valence-electron chi connectivity index (χ1n) is 6.39. The number of nitrogen functional groups attached to an aromatic ring is 1. The summed E-state index contributed by atoms with van der Waals surface area (Å²) in [6.07, 6.45) is 5.11. The Hall–Kier alpha value is -1.29. The highest BCUT2D eigenvalue weighted by Crippen LogP contribution is 2.23. The van der Waals surface area contributed by atoms with Gasteiger partial charge in [0.05, 0.1) is 0 Å². The van der Waals surface area contributed by atoms with Gasteiger partial charge in [0, 0.05) is 34.2 Å². The van der Waals surface area contributed by atoms with Crippen molar-refractivity contribution in [1.29, 1.82) is 0 Å². The number of rotatable bonds is 5. The molecule has 1 aromatic heterocycles. The fourth-order valence-corrected chi connectivity index (χ4v) is 2.59. The molecule has 0 saturated carbocycles. The SMILES string of the molecule is CNC(Cc1cnccc1N)Cc1ccc(Cl)cc1Cl. The Balaban J connectivity index is 2.11. The summed E-state index contributed by atoms with van der Waals surface area (Å²) >= 11 is 12.1. The van der Waals surface area contributed by atoms with Crippen LogP contribution in [0, 0.1) is 0 Å². The van der Waals surface area contributed by atoms with Crippen LogP contribution in [-0.4, -0.2) is 18.1 Å². The first kappa shape index (κ1) is 15.1. The Morgan fingerprint density at radius 2 is 1.95 bits per heavy atom. The monoisotopic (exact) mass is 309 g/mol. The summed E-state index contributed by atoms with van der Waals surface area (Å²) in [4.78, 5) is 4.12. The molecule has 1 atom stereocenters. The number of nitrogens with two attached hydrogens (primary N) is 1. The van der Waals surface area contributed by atoms with E-state index in [1.807, 2.05) is 31.4 Å². The summed E-state index contributed by atoms with van der Waals surface area (Å²) in [5.74, 6) is 0. The van der Waals surface area contributed by atoms with Crippen LogP contribution < -0.4 is 11.1 Å². The first-order chi connectivity index (χ1) is 9.60. The molecule has 1 heterocycles. The van der Waals surface area contributed by atoms with Gasteiger partial charge in [0.15, 0.2) is 0 Å². The number of aromatic nitrogens is 1. The lowest BCUT2D eigenvalue weighted by atomic mass is 9.99. The standard InChI is InChI=1S/C15H17Cl2N3/c1-19-13(7-11-9-20-5-4-15(11)18)6-10-2-3-12(16)8-14(10)17/h2-5,8-9,13,19H,6-7H2,1H3,(H2,18,20). The van der Waals surface area contributed by atoms with Gasteiger partial charge in [-0.3, -0.25) is 4.98 Å². The molecule has 2 rings (SSSR count). The zero-order chi connectivity index (χ0) is 14.5. The molecular formula is C15H17Cl2N3. The predicted octanol–water partition coefficient (Wildman–Crippen LogP) is 3.34. The summed E-state index contributed by atoms with van der Waals surface area (Å²) < 4.78 is 0. The number of halogens is 2. The van der Waals surface area contributed by atoms with Crippen LogP contribution in [0.5, 0.6) is 0 Å². The Kier molecular flexibility index (Phi) is 5.24. The molecule has 20 heavy (non-hydrogen) atoms. The van der Waals surface area contributed by atoms with E-state index in [4.69, 9.17) is 28.9 Å². The third kappa shape index (κ3) is 3.85. The topological polar surface area (TPSA) is 50.9 Å². The summed E-state index contributed by atoms with van der Waals surface area (Å²) in [6, 6.07) is 7.64. The van der Waals surface area contributed by atoms with Crippen molar-refractivity contribution in [2.75, 3.05) is 12.8 Å². The predicted molar refractivity (Wildman–Crippen MR) is 85.4 cm³/mol. The van der Waals surface area contributed by atoms with Gasteiger partial charge in [-0.2, -0.15) is 0 Å². The summed E-state index contributed by atoms with van der Waals surface area (Å²) in [5, 5.41) is 4.63. The number of nitrogens with one attached hydrogen (secondary N) is 1. The lowest BCUT2D eigenvalue weighted by molar-refractivity contribution is 0.556. The van der Waals surface area contributed by atoms with E-state index in [1.165, 1.54) is 0 Å². The van der Waals surface area contributed by atoms with E-state index in [0.29, 0.717) is 10.0 Å². The minimum absolute atomic E-state index is 0.236. The van der Waals surface area contributed by atoms with Crippen LogP contribution in [0.3, 0.4) is 0 Å². The van der Waals surface area contributed by atoms with Crippen molar-refractivity contribution in [3.8, 4) is 0 Å². The van der Waals surface area contributed by atoms with Gasteiger partial charge in [-0.15, -0.1) is 0 Å². The van der Waals surface area contributed by atoms with Crippen LogP contribution in [0.2, 0.25) is 10.0 Å². The molecule has 0 aliphatic heterocycles. The number of pyridine rings is 1. The van der Waals surface area contributed by atoms with Crippen LogP contribution in [0.4, 0.5) is 5.69 Å². The smallest absolute Gasteiger partial charge is 0.0453 e. The molecule has 106 valence electrons. The highest BCUT2D eigenvalue weighted by Gasteiger charge is 2.12. The van der Waals surface area contributed by atoms with E-state index in [0.717, 1.165) is 29.7 Å². The largest absolute Gasteiger partial charge is 0.398 e. The van der Waals surface area contributed by atoms with E-state index in [1.54, 1.807) is 12.3 Å². The second-order valence-electron chi connectivity index (χ2n) is 4.70. The number of anilines is 1. The lowest BCUT2D eigenvalue weighted by Crippen LogP contribution is -2.30. The second-order valence-corrected chi connectivity index (χ2v) is 5.55.